The molecule has 2 amide bonds. The smallest absolute Gasteiger partial charge is 0.348 e. The highest BCUT2D eigenvalue weighted by Crippen LogP contribution is 2.21. The first kappa shape index (κ1) is 19.6. The number of hydrogen-bond donors (Lipinski definition) is 2. The maximum absolute atomic E-state index is 12.3. The number of carbonyl (C=O) groups is 2. The lowest BCUT2D eigenvalue weighted by Gasteiger charge is -2.09. The number of amides is 2. The summed E-state index contributed by atoms with van der Waals surface area (Å²) in [4.78, 5) is 24.1. The molecule has 3 rings (SSSR count). The lowest BCUT2D eigenvalue weighted by Crippen LogP contribution is -2.33. The fourth-order valence-corrected chi connectivity index (χ4v) is 2.47. The van der Waals surface area contributed by atoms with Crippen LogP contribution < -0.4 is 10.6 Å². The van der Waals surface area contributed by atoms with Gasteiger partial charge in [-0.25, -0.2) is 4.68 Å². The minimum absolute atomic E-state index is 0.0763. The summed E-state index contributed by atoms with van der Waals surface area (Å²) in [7, 11) is 0. The molecule has 0 unspecified atom stereocenters. The second-order valence-electron chi connectivity index (χ2n) is 6.33. The molecule has 1 heterocycles. The minimum Gasteiger partial charge on any atom is -0.348 e. The average molecular weight is 393 g/mol. The summed E-state index contributed by atoms with van der Waals surface area (Å²) in [6.45, 7) is 0.384. The molecule has 0 atom stereocenters. The van der Waals surface area contributed by atoms with E-state index in [1.165, 1.54) is 28.9 Å². The molecule has 2 aromatic rings. The van der Waals surface area contributed by atoms with Gasteiger partial charge in [0.15, 0.2) is 5.69 Å². The van der Waals surface area contributed by atoms with Gasteiger partial charge in [0.2, 0.25) is 0 Å². The molecule has 10 heteroatoms. The Morgan fingerprint density at radius 1 is 1.21 bits per heavy atom. The zero-order valence-electron chi connectivity index (χ0n) is 15.0. The average Bonchev–Trinajstić information content (AvgIpc) is 3.36. The molecule has 1 aromatic heterocycles. The topological polar surface area (TPSA) is 88.9 Å². The standard InChI is InChI=1S/C18H18F3N5O2/c1-2-3-14-15(17(28)23-12-6-7-12)24-25-26(14)13-8-4-11(5-9-13)16(27)22-10-18(19,20)21/h2-5,8-9,12H,6-7,10H2,1H3,(H,22,27)(H,23,28)/b3-2+. The van der Waals surface area contributed by atoms with Crippen molar-refractivity contribution in [2.75, 3.05) is 6.54 Å². The van der Waals surface area contributed by atoms with E-state index in [2.05, 4.69) is 15.6 Å². The number of allylic oxidation sites excluding steroid dienone is 1. The quantitative estimate of drug-likeness (QED) is 0.789. The third-order valence-electron chi connectivity index (χ3n) is 3.98. The highest BCUT2D eigenvalue weighted by Gasteiger charge is 2.28. The maximum atomic E-state index is 12.3. The molecule has 1 aliphatic carbocycles. The second-order valence-corrected chi connectivity index (χ2v) is 6.33. The molecule has 148 valence electrons. The maximum Gasteiger partial charge on any atom is 0.405 e. The zero-order chi connectivity index (χ0) is 20.3. The summed E-state index contributed by atoms with van der Waals surface area (Å²) >= 11 is 0. The van der Waals surface area contributed by atoms with Gasteiger partial charge >= 0.3 is 6.18 Å². The predicted octanol–water partition coefficient (Wildman–Crippen LogP) is 2.48. The lowest BCUT2D eigenvalue weighted by atomic mass is 10.2. The van der Waals surface area contributed by atoms with E-state index in [4.69, 9.17) is 0 Å². The summed E-state index contributed by atoms with van der Waals surface area (Å²) in [5, 5.41) is 12.6. The summed E-state index contributed by atoms with van der Waals surface area (Å²) < 4.78 is 38.1. The van der Waals surface area contributed by atoms with Gasteiger partial charge in [-0.15, -0.1) is 5.10 Å². The van der Waals surface area contributed by atoms with E-state index in [0.29, 0.717) is 11.4 Å². The Bertz CT molecular complexity index is 899. The van der Waals surface area contributed by atoms with Gasteiger partial charge in [0.05, 0.1) is 11.4 Å². The van der Waals surface area contributed by atoms with E-state index in [9.17, 15) is 22.8 Å². The van der Waals surface area contributed by atoms with Crippen LogP contribution in [0, 0.1) is 0 Å². The minimum atomic E-state index is -4.48. The van der Waals surface area contributed by atoms with Crippen LogP contribution >= 0.6 is 0 Å². The van der Waals surface area contributed by atoms with Crippen LogP contribution in [-0.4, -0.2) is 45.6 Å². The first-order valence-corrected chi connectivity index (χ1v) is 8.63. The highest BCUT2D eigenvalue weighted by atomic mass is 19.4. The van der Waals surface area contributed by atoms with Gasteiger partial charge in [-0.2, -0.15) is 13.2 Å². The largest absolute Gasteiger partial charge is 0.405 e. The van der Waals surface area contributed by atoms with E-state index < -0.39 is 18.6 Å². The molecule has 28 heavy (non-hydrogen) atoms. The zero-order valence-corrected chi connectivity index (χ0v) is 15.0. The molecule has 1 fully saturated rings. The molecule has 0 bridgehead atoms. The van der Waals surface area contributed by atoms with Gasteiger partial charge in [0.25, 0.3) is 11.8 Å². The van der Waals surface area contributed by atoms with Gasteiger partial charge < -0.3 is 10.6 Å². The van der Waals surface area contributed by atoms with Gasteiger partial charge in [0, 0.05) is 11.6 Å². The fourth-order valence-electron chi connectivity index (χ4n) is 2.47. The number of benzene rings is 1. The Hall–Kier alpha value is -3.17. The van der Waals surface area contributed by atoms with E-state index in [0.717, 1.165) is 12.8 Å². The molecule has 0 radical (unpaired) electrons. The van der Waals surface area contributed by atoms with E-state index in [-0.39, 0.29) is 23.2 Å². The third kappa shape index (κ3) is 4.76. The van der Waals surface area contributed by atoms with Crippen molar-refractivity contribution in [2.45, 2.75) is 32.0 Å². The van der Waals surface area contributed by atoms with Crippen molar-refractivity contribution in [3.05, 3.63) is 47.3 Å². The van der Waals surface area contributed by atoms with Crippen LogP contribution in [0.15, 0.2) is 30.3 Å². The molecule has 1 aromatic carbocycles. The first-order chi connectivity index (χ1) is 13.3. The molecule has 0 aliphatic heterocycles. The Kier molecular flexibility index (Phi) is 5.48. The summed E-state index contributed by atoms with van der Waals surface area (Å²) in [6.07, 6.45) is 0.830. The number of rotatable bonds is 6. The van der Waals surface area contributed by atoms with Crippen LogP contribution in [0.25, 0.3) is 11.8 Å². The Balaban J connectivity index is 1.80. The first-order valence-electron chi connectivity index (χ1n) is 8.63. The third-order valence-corrected chi connectivity index (χ3v) is 3.98. The molecule has 1 saturated carbocycles. The van der Waals surface area contributed by atoms with Crippen LogP contribution in [0.5, 0.6) is 0 Å². The molecule has 0 spiro atoms. The number of hydrogen-bond acceptors (Lipinski definition) is 4. The number of halogens is 3. The lowest BCUT2D eigenvalue weighted by molar-refractivity contribution is -0.123. The van der Waals surface area contributed by atoms with Crippen molar-refractivity contribution in [3.8, 4) is 5.69 Å². The van der Waals surface area contributed by atoms with Gasteiger partial charge in [-0.1, -0.05) is 11.3 Å². The normalized spacial score (nSPS) is 14.3. The molecule has 1 aliphatic rings. The highest BCUT2D eigenvalue weighted by molar-refractivity contribution is 5.96. The van der Waals surface area contributed by atoms with Crippen LogP contribution in [-0.2, 0) is 0 Å². The molecular formula is C18H18F3N5O2. The number of nitrogens with zero attached hydrogens (tertiary/aromatic N) is 3. The van der Waals surface area contributed by atoms with Gasteiger partial charge in [-0.05, 0) is 50.1 Å². The van der Waals surface area contributed by atoms with Crippen molar-refractivity contribution >= 4 is 17.9 Å². The number of carbonyl (C=O) groups excluding carboxylic acids is 2. The van der Waals surface area contributed by atoms with Crippen LogP contribution in [0.3, 0.4) is 0 Å². The van der Waals surface area contributed by atoms with E-state index in [1.54, 1.807) is 19.1 Å². The second kappa shape index (κ2) is 7.83. The van der Waals surface area contributed by atoms with Crippen molar-refractivity contribution in [2.24, 2.45) is 0 Å². The fraction of sp³-hybridized carbons (Fsp3) is 0.333. The predicted molar refractivity (Wildman–Crippen MR) is 94.9 cm³/mol. The Labute approximate surface area is 158 Å². The van der Waals surface area contributed by atoms with Gasteiger partial charge in [0.1, 0.15) is 6.54 Å². The Morgan fingerprint density at radius 3 is 2.46 bits per heavy atom. The SMILES string of the molecule is C/C=C/c1c(C(=O)NC2CC2)nnn1-c1ccc(C(=O)NCC(F)(F)F)cc1. The summed E-state index contributed by atoms with van der Waals surface area (Å²) in [5.74, 6) is -1.15. The summed E-state index contributed by atoms with van der Waals surface area (Å²) in [5.41, 5.74) is 1.23. The van der Waals surface area contributed by atoms with Crippen molar-refractivity contribution in [1.29, 1.82) is 0 Å². The summed E-state index contributed by atoms with van der Waals surface area (Å²) in [6, 6.07) is 5.98. The molecule has 7 nitrogen and oxygen atoms in total. The van der Waals surface area contributed by atoms with E-state index in [1.807, 2.05) is 5.32 Å². The molecular weight excluding hydrogens is 375 g/mol. The molecule has 2 N–H and O–H groups in total. The van der Waals surface area contributed by atoms with E-state index >= 15 is 0 Å². The number of nitrogens with one attached hydrogen (secondary N) is 2. The van der Waals surface area contributed by atoms with Gasteiger partial charge in [-0.3, -0.25) is 9.59 Å². The van der Waals surface area contributed by atoms with Crippen molar-refractivity contribution < 1.29 is 22.8 Å². The number of aromatic nitrogens is 3. The van der Waals surface area contributed by atoms with Crippen molar-refractivity contribution in [3.63, 3.8) is 0 Å². The van der Waals surface area contributed by atoms with Crippen molar-refractivity contribution in [1.82, 2.24) is 25.6 Å². The monoisotopic (exact) mass is 393 g/mol. The number of alkyl halides is 3. The van der Waals surface area contributed by atoms with Crippen LogP contribution in [0.4, 0.5) is 13.2 Å². The Morgan fingerprint density at radius 2 is 1.89 bits per heavy atom. The van der Waals surface area contributed by atoms with Crippen LogP contribution in [0.2, 0.25) is 0 Å². The van der Waals surface area contributed by atoms with Crippen LogP contribution in [0.1, 0.15) is 46.3 Å². The molecule has 0 saturated heterocycles.